The molecule has 1 aromatic carbocycles. The predicted octanol–water partition coefficient (Wildman–Crippen LogP) is 3.27. The molecule has 1 atom stereocenters. The summed E-state index contributed by atoms with van der Waals surface area (Å²) in [6, 6.07) is 4.71. The molecule has 0 aliphatic carbocycles. The van der Waals surface area contributed by atoms with Gasteiger partial charge in [-0.25, -0.2) is 0 Å². The quantitative estimate of drug-likeness (QED) is 0.844. The van der Waals surface area contributed by atoms with Crippen molar-refractivity contribution in [2.45, 2.75) is 19.3 Å². The molecule has 0 aliphatic rings. The van der Waals surface area contributed by atoms with Crippen LogP contribution in [0.1, 0.15) is 18.5 Å². The van der Waals surface area contributed by atoms with Gasteiger partial charge in [0.05, 0.1) is 11.6 Å². The summed E-state index contributed by atoms with van der Waals surface area (Å²) in [6.45, 7) is 0.967. The Hall–Kier alpha value is -0.980. The third kappa shape index (κ3) is 5.12. The lowest BCUT2D eigenvalue weighted by atomic mass is 10.1. The Morgan fingerprint density at radius 3 is 2.50 bits per heavy atom. The number of hydrogen-bond acceptors (Lipinski definition) is 3. The van der Waals surface area contributed by atoms with Crippen molar-refractivity contribution in [2.75, 3.05) is 13.2 Å². The molecular formula is C11H13ClF3NO2. The van der Waals surface area contributed by atoms with Crippen LogP contribution in [0.3, 0.4) is 0 Å². The van der Waals surface area contributed by atoms with Crippen molar-refractivity contribution >= 4 is 11.6 Å². The van der Waals surface area contributed by atoms with E-state index in [-0.39, 0.29) is 12.6 Å². The Morgan fingerprint density at radius 2 is 2.00 bits per heavy atom. The van der Waals surface area contributed by atoms with Crippen molar-refractivity contribution in [1.82, 2.24) is 0 Å². The highest BCUT2D eigenvalue weighted by Gasteiger charge is 2.28. The summed E-state index contributed by atoms with van der Waals surface area (Å²) in [6.07, 6.45) is -4.65. The molecule has 0 fully saturated rings. The Morgan fingerprint density at radius 1 is 1.33 bits per heavy atom. The van der Waals surface area contributed by atoms with E-state index in [0.717, 1.165) is 5.56 Å². The molecule has 0 saturated carbocycles. The third-order valence-corrected chi connectivity index (χ3v) is 2.38. The van der Waals surface area contributed by atoms with E-state index in [2.05, 4.69) is 4.74 Å². The van der Waals surface area contributed by atoms with Crippen LogP contribution in [-0.2, 0) is 4.74 Å². The number of benzene rings is 1. The summed E-state index contributed by atoms with van der Waals surface area (Å²) < 4.78 is 43.7. The van der Waals surface area contributed by atoms with Crippen LogP contribution in [0.15, 0.2) is 18.2 Å². The molecule has 1 aromatic rings. The summed E-state index contributed by atoms with van der Waals surface area (Å²) in [4.78, 5) is 0. The van der Waals surface area contributed by atoms with Gasteiger partial charge in [0.15, 0.2) is 0 Å². The molecule has 7 heteroatoms. The maximum absolute atomic E-state index is 11.7. The van der Waals surface area contributed by atoms with Gasteiger partial charge in [0, 0.05) is 6.04 Å². The zero-order chi connectivity index (χ0) is 13.8. The van der Waals surface area contributed by atoms with Crippen LogP contribution in [0, 0.1) is 0 Å². The van der Waals surface area contributed by atoms with Gasteiger partial charge in [-0.2, -0.15) is 0 Å². The summed E-state index contributed by atoms with van der Waals surface area (Å²) in [5, 5.41) is 0.303. The fourth-order valence-electron chi connectivity index (χ4n) is 1.23. The smallest absolute Gasteiger partial charge is 0.490 e. The zero-order valence-corrected chi connectivity index (χ0v) is 10.4. The second-order valence-electron chi connectivity index (χ2n) is 3.62. The SMILES string of the molecule is CC(N)c1ccc(OCCOC(F)(F)F)c(Cl)c1. The molecule has 1 rings (SSSR count). The first-order chi connectivity index (χ1) is 8.29. The van der Waals surface area contributed by atoms with Gasteiger partial charge in [0.2, 0.25) is 0 Å². The van der Waals surface area contributed by atoms with Crippen molar-refractivity contribution in [3.05, 3.63) is 28.8 Å². The highest BCUT2D eigenvalue weighted by atomic mass is 35.5. The standard InChI is InChI=1S/C11H13ClF3NO2/c1-7(16)8-2-3-10(9(12)6-8)17-4-5-18-11(13,14)15/h2-3,6-7H,4-5,16H2,1H3. The minimum Gasteiger partial charge on any atom is -0.490 e. The number of nitrogens with two attached hydrogens (primary N) is 1. The second kappa shape index (κ2) is 6.26. The number of ether oxygens (including phenoxy) is 2. The van der Waals surface area contributed by atoms with Crippen LogP contribution in [0.5, 0.6) is 5.75 Å². The maximum Gasteiger partial charge on any atom is 0.522 e. The first kappa shape index (κ1) is 15.1. The van der Waals surface area contributed by atoms with Gasteiger partial charge in [-0.1, -0.05) is 17.7 Å². The molecule has 0 amide bonds. The molecule has 1 unspecified atom stereocenters. The number of rotatable bonds is 5. The Balaban J connectivity index is 2.48. The van der Waals surface area contributed by atoms with Crippen LogP contribution in [0.25, 0.3) is 0 Å². The molecule has 0 bridgehead atoms. The first-order valence-corrected chi connectivity index (χ1v) is 5.56. The fraction of sp³-hybridized carbons (Fsp3) is 0.455. The average Bonchev–Trinajstić information content (AvgIpc) is 2.24. The molecule has 102 valence electrons. The van der Waals surface area contributed by atoms with E-state index in [1.807, 2.05) is 0 Å². The summed E-state index contributed by atoms with van der Waals surface area (Å²) >= 11 is 5.90. The molecule has 0 spiro atoms. The van der Waals surface area contributed by atoms with E-state index in [1.165, 1.54) is 0 Å². The van der Waals surface area contributed by atoms with Crippen LogP contribution < -0.4 is 10.5 Å². The number of halogens is 4. The average molecular weight is 284 g/mol. The predicted molar refractivity (Wildman–Crippen MR) is 61.6 cm³/mol. The number of hydrogen-bond donors (Lipinski definition) is 1. The lowest BCUT2D eigenvalue weighted by molar-refractivity contribution is -0.325. The van der Waals surface area contributed by atoms with Crippen molar-refractivity contribution in [3.63, 3.8) is 0 Å². The fourth-order valence-corrected chi connectivity index (χ4v) is 1.47. The van der Waals surface area contributed by atoms with E-state index in [4.69, 9.17) is 22.1 Å². The van der Waals surface area contributed by atoms with Gasteiger partial charge in [-0.15, -0.1) is 13.2 Å². The van der Waals surface area contributed by atoms with Crippen LogP contribution in [-0.4, -0.2) is 19.6 Å². The van der Waals surface area contributed by atoms with E-state index < -0.39 is 13.0 Å². The molecular weight excluding hydrogens is 271 g/mol. The van der Waals surface area contributed by atoms with Crippen LogP contribution in [0.2, 0.25) is 5.02 Å². The highest BCUT2D eigenvalue weighted by molar-refractivity contribution is 6.32. The van der Waals surface area contributed by atoms with Crippen molar-refractivity contribution < 1.29 is 22.6 Å². The Kier molecular flexibility index (Phi) is 5.25. The molecule has 3 nitrogen and oxygen atoms in total. The van der Waals surface area contributed by atoms with E-state index in [9.17, 15) is 13.2 Å². The molecule has 0 aliphatic heterocycles. The van der Waals surface area contributed by atoms with Crippen LogP contribution >= 0.6 is 11.6 Å². The lowest BCUT2D eigenvalue weighted by Crippen LogP contribution is -2.18. The van der Waals surface area contributed by atoms with E-state index >= 15 is 0 Å². The van der Waals surface area contributed by atoms with Gasteiger partial charge in [-0.05, 0) is 24.6 Å². The third-order valence-electron chi connectivity index (χ3n) is 2.09. The number of alkyl halides is 3. The summed E-state index contributed by atoms with van der Waals surface area (Å²) in [7, 11) is 0. The Bertz CT molecular complexity index is 396. The molecule has 0 radical (unpaired) electrons. The molecule has 0 aromatic heterocycles. The molecule has 18 heavy (non-hydrogen) atoms. The van der Waals surface area contributed by atoms with E-state index in [0.29, 0.717) is 10.8 Å². The molecule has 2 N–H and O–H groups in total. The zero-order valence-electron chi connectivity index (χ0n) is 9.63. The largest absolute Gasteiger partial charge is 0.522 e. The van der Waals surface area contributed by atoms with Gasteiger partial charge >= 0.3 is 6.36 Å². The Labute approximate surface area is 108 Å². The first-order valence-electron chi connectivity index (χ1n) is 5.18. The van der Waals surface area contributed by atoms with Crippen molar-refractivity contribution in [2.24, 2.45) is 5.73 Å². The normalized spacial score (nSPS) is 13.4. The minimum atomic E-state index is -4.65. The molecule has 0 heterocycles. The highest BCUT2D eigenvalue weighted by Crippen LogP contribution is 2.27. The second-order valence-corrected chi connectivity index (χ2v) is 4.03. The van der Waals surface area contributed by atoms with Gasteiger partial charge in [-0.3, -0.25) is 4.74 Å². The van der Waals surface area contributed by atoms with Crippen molar-refractivity contribution in [3.8, 4) is 5.75 Å². The minimum absolute atomic E-state index is 0.176. The van der Waals surface area contributed by atoms with Crippen LogP contribution in [0.4, 0.5) is 13.2 Å². The monoisotopic (exact) mass is 283 g/mol. The van der Waals surface area contributed by atoms with Gasteiger partial charge in [0.1, 0.15) is 12.4 Å². The summed E-state index contributed by atoms with van der Waals surface area (Å²) in [5.41, 5.74) is 6.48. The van der Waals surface area contributed by atoms with E-state index in [1.54, 1.807) is 25.1 Å². The van der Waals surface area contributed by atoms with Gasteiger partial charge < -0.3 is 10.5 Å². The van der Waals surface area contributed by atoms with Crippen molar-refractivity contribution in [1.29, 1.82) is 0 Å². The lowest BCUT2D eigenvalue weighted by Gasteiger charge is -2.12. The van der Waals surface area contributed by atoms with Gasteiger partial charge in [0.25, 0.3) is 0 Å². The topological polar surface area (TPSA) is 44.5 Å². The maximum atomic E-state index is 11.7. The molecule has 0 saturated heterocycles. The summed E-state index contributed by atoms with van der Waals surface area (Å²) in [5.74, 6) is 0.298.